The third kappa shape index (κ3) is 3.36. The van der Waals surface area contributed by atoms with Crippen LogP contribution in [0.4, 0.5) is 5.69 Å². The lowest BCUT2D eigenvalue weighted by Gasteiger charge is -2.32. The van der Waals surface area contributed by atoms with Gasteiger partial charge < -0.3 is 0 Å². The van der Waals surface area contributed by atoms with Crippen molar-refractivity contribution in [2.24, 2.45) is 0 Å². The van der Waals surface area contributed by atoms with Crippen molar-refractivity contribution in [1.29, 1.82) is 0 Å². The average molecular weight is 380 g/mol. The first-order valence-corrected chi connectivity index (χ1v) is 8.56. The summed E-state index contributed by atoms with van der Waals surface area (Å²) in [4.78, 5) is 0. The van der Waals surface area contributed by atoms with Crippen LogP contribution in [0.3, 0.4) is 0 Å². The Hall–Kier alpha value is -0.340. The van der Waals surface area contributed by atoms with Gasteiger partial charge in [-0.15, -0.1) is 0 Å². The fraction of sp³-hybridized carbons (Fsp3) is 0.500. The summed E-state index contributed by atoms with van der Waals surface area (Å²) in [5, 5.41) is 0. The Morgan fingerprint density at radius 3 is 2.56 bits per heavy atom. The Morgan fingerprint density at radius 2 is 1.94 bits per heavy atom. The van der Waals surface area contributed by atoms with E-state index < -0.39 is 10.2 Å². The summed E-state index contributed by atoms with van der Waals surface area (Å²) >= 11 is 2.19. The molecule has 1 N–H and O–H groups in total. The smallest absolute Gasteiger partial charge is 0.271 e. The van der Waals surface area contributed by atoms with Crippen molar-refractivity contribution >= 4 is 38.5 Å². The maximum Gasteiger partial charge on any atom is 0.301 e. The molecule has 6 heteroatoms. The number of hydrogen-bond donors (Lipinski definition) is 1. The highest BCUT2D eigenvalue weighted by molar-refractivity contribution is 14.1. The fourth-order valence-electron chi connectivity index (χ4n) is 2.15. The topological polar surface area (TPSA) is 49.4 Å². The lowest BCUT2D eigenvalue weighted by molar-refractivity contribution is 0.270. The largest absolute Gasteiger partial charge is 0.301 e. The van der Waals surface area contributed by atoms with Crippen LogP contribution in [0.1, 0.15) is 26.2 Å². The quantitative estimate of drug-likeness (QED) is 0.820. The third-order valence-electron chi connectivity index (χ3n) is 3.14. The summed E-state index contributed by atoms with van der Waals surface area (Å²) in [7, 11) is -3.42. The molecular formula is C12H17IN2O2S. The van der Waals surface area contributed by atoms with Crippen LogP contribution in [0.25, 0.3) is 0 Å². The van der Waals surface area contributed by atoms with E-state index >= 15 is 0 Å². The summed E-state index contributed by atoms with van der Waals surface area (Å²) in [5.74, 6) is 0. The summed E-state index contributed by atoms with van der Waals surface area (Å²) < 4.78 is 29.8. The lowest BCUT2D eigenvalue weighted by atomic mass is 10.1. The van der Waals surface area contributed by atoms with E-state index in [-0.39, 0.29) is 6.04 Å². The van der Waals surface area contributed by atoms with Gasteiger partial charge in [0, 0.05) is 21.8 Å². The molecule has 1 aliphatic rings. The van der Waals surface area contributed by atoms with E-state index in [2.05, 4.69) is 27.3 Å². The molecule has 1 unspecified atom stereocenters. The number of halogens is 1. The minimum absolute atomic E-state index is 0.0834. The monoisotopic (exact) mass is 380 g/mol. The summed E-state index contributed by atoms with van der Waals surface area (Å²) in [6.07, 6.45) is 2.99. The first-order valence-electron chi connectivity index (χ1n) is 6.04. The van der Waals surface area contributed by atoms with Crippen LogP contribution in [0.15, 0.2) is 24.3 Å². The molecule has 0 aliphatic carbocycles. The predicted molar refractivity (Wildman–Crippen MR) is 81.7 cm³/mol. The first kappa shape index (κ1) is 14.1. The zero-order chi connectivity index (χ0) is 13.2. The van der Waals surface area contributed by atoms with Crippen molar-refractivity contribution in [2.75, 3.05) is 11.3 Å². The first-order chi connectivity index (χ1) is 8.49. The molecule has 100 valence electrons. The SMILES string of the molecule is CC1CCCCN1S(=O)(=O)Nc1ccc(I)cc1. The fourth-order valence-corrected chi connectivity index (χ4v) is 4.01. The van der Waals surface area contributed by atoms with E-state index in [0.717, 1.165) is 22.8 Å². The van der Waals surface area contributed by atoms with Crippen LogP contribution < -0.4 is 4.72 Å². The molecule has 2 rings (SSSR count). The summed E-state index contributed by atoms with van der Waals surface area (Å²) in [5.41, 5.74) is 0.619. The molecule has 1 aromatic carbocycles. The van der Waals surface area contributed by atoms with E-state index in [1.165, 1.54) is 0 Å². The van der Waals surface area contributed by atoms with Crippen LogP contribution in [0, 0.1) is 3.57 Å². The van der Waals surface area contributed by atoms with Gasteiger partial charge in [-0.2, -0.15) is 12.7 Å². The van der Waals surface area contributed by atoms with Crippen molar-refractivity contribution in [1.82, 2.24) is 4.31 Å². The van der Waals surface area contributed by atoms with Crippen LogP contribution in [-0.4, -0.2) is 25.3 Å². The van der Waals surface area contributed by atoms with Gasteiger partial charge in [0.05, 0.1) is 0 Å². The molecule has 4 nitrogen and oxygen atoms in total. The van der Waals surface area contributed by atoms with Crippen molar-refractivity contribution in [3.05, 3.63) is 27.8 Å². The molecule has 0 saturated carbocycles. The molecular weight excluding hydrogens is 363 g/mol. The molecule has 1 saturated heterocycles. The highest BCUT2D eigenvalue weighted by Gasteiger charge is 2.29. The second-order valence-electron chi connectivity index (χ2n) is 4.57. The Labute approximate surface area is 122 Å². The van der Waals surface area contributed by atoms with Crippen LogP contribution in [-0.2, 0) is 10.2 Å². The highest BCUT2D eigenvalue weighted by atomic mass is 127. The van der Waals surface area contributed by atoms with Gasteiger partial charge in [-0.05, 0) is 66.6 Å². The van der Waals surface area contributed by atoms with E-state index in [1.54, 1.807) is 16.4 Å². The Morgan fingerprint density at radius 1 is 1.28 bits per heavy atom. The van der Waals surface area contributed by atoms with Gasteiger partial charge in [0.25, 0.3) is 0 Å². The second-order valence-corrected chi connectivity index (χ2v) is 7.44. The van der Waals surface area contributed by atoms with Crippen LogP contribution in [0.5, 0.6) is 0 Å². The standard InChI is InChI=1S/C12H17IN2O2S/c1-10-4-2-3-9-15(10)18(16,17)14-12-7-5-11(13)6-8-12/h5-8,10,14H,2-4,9H2,1H3. The molecule has 0 aromatic heterocycles. The molecule has 0 bridgehead atoms. The number of nitrogens with one attached hydrogen (secondary N) is 1. The molecule has 0 amide bonds. The Balaban J connectivity index is 2.13. The zero-order valence-corrected chi connectivity index (χ0v) is 13.2. The van der Waals surface area contributed by atoms with Gasteiger partial charge in [0.1, 0.15) is 0 Å². The van der Waals surface area contributed by atoms with E-state index in [0.29, 0.717) is 12.2 Å². The number of hydrogen-bond acceptors (Lipinski definition) is 2. The lowest BCUT2D eigenvalue weighted by Crippen LogP contribution is -2.44. The minimum Gasteiger partial charge on any atom is -0.271 e. The Kier molecular flexibility index (Phi) is 4.50. The van der Waals surface area contributed by atoms with Crippen LogP contribution in [0.2, 0.25) is 0 Å². The predicted octanol–water partition coefficient (Wildman–Crippen LogP) is 2.82. The number of nitrogens with zero attached hydrogens (tertiary/aromatic N) is 1. The van der Waals surface area contributed by atoms with Gasteiger partial charge in [0.15, 0.2) is 0 Å². The number of rotatable bonds is 3. The van der Waals surface area contributed by atoms with E-state index in [4.69, 9.17) is 0 Å². The van der Waals surface area contributed by atoms with E-state index in [9.17, 15) is 8.42 Å². The third-order valence-corrected chi connectivity index (χ3v) is 5.51. The van der Waals surface area contributed by atoms with Crippen molar-refractivity contribution < 1.29 is 8.42 Å². The number of benzene rings is 1. The van der Waals surface area contributed by atoms with Gasteiger partial charge >= 0.3 is 10.2 Å². The molecule has 18 heavy (non-hydrogen) atoms. The summed E-state index contributed by atoms with van der Waals surface area (Å²) in [6.45, 7) is 2.58. The molecule has 1 atom stereocenters. The van der Waals surface area contributed by atoms with Gasteiger partial charge in [0.2, 0.25) is 0 Å². The molecule has 1 aliphatic heterocycles. The maximum absolute atomic E-state index is 12.3. The number of anilines is 1. The van der Waals surface area contributed by atoms with E-state index in [1.807, 2.05) is 19.1 Å². The molecule has 1 fully saturated rings. The molecule has 1 heterocycles. The van der Waals surface area contributed by atoms with Crippen LogP contribution >= 0.6 is 22.6 Å². The zero-order valence-electron chi connectivity index (χ0n) is 10.3. The molecule has 0 radical (unpaired) electrons. The minimum atomic E-state index is -3.42. The highest BCUT2D eigenvalue weighted by Crippen LogP contribution is 2.22. The molecule has 1 aromatic rings. The summed E-state index contributed by atoms with van der Waals surface area (Å²) in [6, 6.07) is 7.43. The number of piperidine rings is 1. The second kappa shape index (κ2) is 5.75. The van der Waals surface area contributed by atoms with Gasteiger partial charge in [-0.3, -0.25) is 4.72 Å². The van der Waals surface area contributed by atoms with Gasteiger partial charge in [-0.1, -0.05) is 6.42 Å². The van der Waals surface area contributed by atoms with Crippen molar-refractivity contribution in [3.63, 3.8) is 0 Å². The average Bonchev–Trinajstić information content (AvgIpc) is 2.32. The van der Waals surface area contributed by atoms with Gasteiger partial charge in [-0.25, -0.2) is 0 Å². The maximum atomic E-state index is 12.3. The Bertz CT molecular complexity index is 501. The molecule has 0 spiro atoms. The van der Waals surface area contributed by atoms with Crippen molar-refractivity contribution in [2.45, 2.75) is 32.2 Å². The van der Waals surface area contributed by atoms with Crippen molar-refractivity contribution in [3.8, 4) is 0 Å². The normalized spacial score (nSPS) is 21.8.